The molecule has 0 atom stereocenters. The second-order valence-corrected chi connectivity index (χ2v) is 4.25. The number of rotatable bonds is 6. The molecular formula is C15H14F2N2O3. The average molecular weight is 308 g/mol. The van der Waals surface area contributed by atoms with Gasteiger partial charge in [0.05, 0.1) is 19.3 Å². The van der Waals surface area contributed by atoms with Crippen molar-refractivity contribution in [3.8, 4) is 11.5 Å². The Bertz CT molecular complexity index is 636. The Kier molecular flexibility index (Phi) is 5.24. The van der Waals surface area contributed by atoms with Gasteiger partial charge in [0.25, 0.3) is 5.91 Å². The molecule has 7 heteroatoms. The van der Waals surface area contributed by atoms with Crippen LogP contribution in [0.3, 0.4) is 0 Å². The minimum Gasteiger partial charge on any atom is -0.493 e. The maximum Gasteiger partial charge on any atom is 0.387 e. The number of pyridine rings is 1. The molecular weight excluding hydrogens is 294 g/mol. The standard InChI is InChI=1S/C15H14F2N2O3/c1-21-13-8-10(5-6-12(13)22-15(16)17)14(20)19-9-11-4-2-3-7-18-11/h2-8,15H,9H2,1H3,(H,19,20). The molecule has 5 nitrogen and oxygen atoms in total. The summed E-state index contributed by atoms with van der Waals surface area (Å²) in [5.74, 6) is -0.433. The third-order valence-corrected chi connectivity index (χ3v) is 2.80. The first-order chi connectivity index (χ1) is 10.6. The molecule has 0 aliphatic rings. The number of nitrogens with one attached hydrogen (secondary N) is 1. The van der Waals surface area contributed by atoms with Gasteiger partial charge in [0.2, 0.25) is 0 Å². The number of carbonyl (C=O) groups is 1. The number of alkyl halides is 2. The van der Waals surface area contributed by atoms with Gasteiger partial charge in [0, 0.05) is 11.8 Å². The molecule has 1 heterocycles. The van der Waals surface area contributed by atoms with E-state index in [-0.39, 0.29) is 29.5 Å². The van der Waals surface area contributed by atoms with Crippen molar-refractivity contribution in [1.29, 1.82) is 0 Å². The van der Waals surface area contributed by atoms with Gasteiger partial charge in [-0.1, -0.05) is 6.07 Å². The van der Waals surface area contributed by atoms with Gasteiger partial charge in [-0.15, -0.1) is 0 Å². The zero-order chi connectivity index (χ0) is 15.9. The highest BCUT2D eigenvalue weighted by molar-refractivity contribution is 5.94. The van der Waals surface area contributed by atoms with E-state index in [0.717, 1.165) is 0 Å². The van der Waals surface area contributed by atoms with Crippen molar-refractivity contribution in [3.05, 3.63) is 53.9 Å². The summed E-state index contributed by atoms with van der Waals surface area (Å²) in [7, 11) is 1.31. The summed E-state index contributed by atoms with van der Waals surface area (Å²) in [4.78, 5) is 16.1. The lowest BCUT2D eigenvalue weighted by molar-refractivity contribution is -0.0512. The van der Waals surface area contributed by atoms with E-state index in [1.807, 2.05) is 6.07 Å². The van der Waals surface area contributed by atoms with Crippen molar-refractivity contribution in [2.75, 3.05) is 7.11 Å². The topological polar surface area (TPSA) is 60.5 Å². The molecule has 2 rings (SSSR count). The van der Waals surface area contributed by atoms with E-state index in [1.165, 1.54) is 25.3 Å². The predicted molar refractivity (Wildman–Crippen MR) is 75.0 cm³/mol. The number of hydrogen-bond donors (Lipinski definition) is 1. The molecule has 0 bridgehead atoms. The summed E-state index contributed by atoms with van der Waals surface area (Å²) in [6.07, 6.45) is 1.63. The summed E-state index contributed by atoms with van der Waals surface area (Å²) in [5, 5.41) is 2.68. The van der Waals surface area contributed by atoms with Crippen LogP contribution < -0.4 is 14.8 Å². The zero-order valence-electron chi connectivity index (χ0n) is 11.8. The molecule has 116 valence electrons. The van der Waals surface area contributed by atoms with E-state index in [0.29, 0.717) is 5.69 Å². The average Bonchev–Trinajstić information content (AvgIpc) is 2.53. The fourth-order valence-corrected chi connectivity index (χ4v) is 1.78. The molecule has 0 saturated carbocycles. The van der Waals surface area contributed by atoms with Crippen LogP contribution in [0.1, 0.15) is 16.1 Å². The van der Waals surface area contributed by atoms with E-state index in [4.69, 9.17) is 4.74 Å². The molecule has 0 aliphatic carbocycles. The molecule has 2 aromatic rings. The van der Waals surface area contributed by atoms with E-state index in [2.05, 4.69) is 15.0 Å². The highest BCUT2D eigenvalue weighted by atomic mass is 19.3. The van der Waals surface area contributed by atoms with Gasteiger partial charge in [-0.05, 0) is 30.3 Å². The monoisotopic (exact) mass is 308 g/mol. The third-order valence-electron chi connectivity index (χ3n) is 2.80. The number of ether oxygens (including phenoxy) is 2. The summed E-state index contributed by atoms with van der Waals surface area (Å²) in [5.41, 5.74) is 0.981. The second-order valence-electron chi connectivity index (χ2n) is 4.25. The van der Waals surface area contributed by atoms with Gasteiger partial charge in [-0.2, -0.15) is 8.78 Å². The maximum atomic E-state index is 12.2. The second kappa shape index (κ2) is 7.35. The Morgan fingerprint density at radius 3 is 2.73 bits per heavy atom. The number of aromatic nitrogens is 1. The first-order valence-corrected chi connectivity index (χ1v) is 6.41. The minimum absolute atomic E-state index is 0.0609. The minimum atomic E-state index is -2.96. The van der Waals surface area contributed by atoms with E-state index in [1.54, 1.807) is 18.3 Å². The van der Waals surface area contributed by atoms with E-state index >= 15 is 0 Å². The van der Waals surface area contributed by atoms with Crippen LogP contribution in [0.4, 0.5) is 8.78 Å². The van der Waals surface area contributed by atoms with Gasteiger partial charge < -0.3 is 14.8 Å². The van der Waals surface area contributed by atoms with Crippen molar-refractivity contribution < 1.29 is 23.0 Å². The summed E-state index contributed by atoms with van der Waals surface area (Å²) < 4.78 is 33.7. The van der Waals surface area contributed by atoms with Gasteiger partial charge in [-0.25, -0.2) is 0 Å². The number of methoxy groups -OCH3 is 1. The van der Waals surface area contributed by atoms with Gasteiger partial charge in [-0.3, -0.25) is 9.78 Å². The lowest BCUT2D eigenvalue weighted by atomic mass is 10.2. The molecule has 1 amide bonds. The number of halogens is 2. The summed E-state index contributed by atoms with van der Waals surface area (Å²) >= 11 is 0. The molecule has 1 aromatic heterocycles. The lowest BCUT2D eigenvalue weighted by Gasteiger charge is -2.11. The van der Waals surface area contributed by atoms with Gasteiger partial charge >= 0.3 is 6.61 Å². The highest BCUT2D eigenvalue weighted by Gasteiger charge is 2.14. The van der Waals surface area contributed by atoms with Crippen LogP contribution in [0.15, 0.2) is 42.6 Å². The van der Waals surface area contributed by atoms with Crippen molar-refractivity contribution in [2.45, 2.75) is 13.2 Å². The van der Waals surface area contributed by atoms with Crippen LogP contribution in [0, 0.1) is 0 Å². The van der Waals surface area contributed by atoms with Crippen molar-refractivity contribution in [1.82, 2.24) is 10.3 Å². The molecule has 0 saturated heterocycles. The van der Waals surface area contributed by atoms with Crippen molar-refractivity contribution in [2.24, 2.45) is 0 Å². The third kappa shape index (κ3) is 4.15. The van der Waals surface area contributed by atoms with Gasteiger partial charge in [0.15, 0.2) is 11.5 Å². The largest absolute Gasteiger partial charge is 0.493 e. The van der Waals surface area contributed by atoms with Gasteiger partial charge in [0.1, 0.15) is 0 Å². The highest BCUT2D eigenvalue weighted by Crippen LogP contribution is 2.29. The Morgan fingerprint density at radius 1 is 1.27 bits per heavy atom. The van der Waals surface area contributed by atoms with Crippen LogP contribution >= 0.6 is 0 Å². The quantitative estimate of drug-likeness (QED) is 0.891. The first kappa shape index (κ1) is 15.7. The molecule has 0 fully saturated rings. The van der Waals surface area contributed by atoms with Crippen LogP contribution in [0.5, 0.6) is 11.5 Å². The molecule has 1 aromatic carbocycles. The summed E-state index contributed by atoms with van der Waals surface area (Å²) in [6, 6.07) is 9.35. The Hall–Kier alpha value is -2.70. The van der Waals surface area contributed by atoms with Crippen LogP contribution in [-0.2, 0) is 6.54 Å². The number of nitrogens with zero attached hydrogens (tertiary/aromatic N) is 1. The zero-order valence-corrected chi connectivity index (χ0v) is 11.8. The number of hydrogen-bond acceptors (Lipinski definition) is 4. The van der Waals surface area contributed by atoms with Crippen molar-refractivity contribution >= 4 is 5.91 Å². The number of amides is 1. The number of benzene rings is 1. The SMILES string of the molecule is COc1cc(C(=O)NCc2ccccn2)ccc1OC(F)F. The molecule has 22 heavy (non-hydrogen) atoms. The van der Waals surface area contributed by atoms with E-state index < -0.39 is 6.61 Å². The Morgan fingerprint density at radius 2 is 2.09 bits per heavy atom. The maximum absolute atomic E-state index is 12.2. The summed E-state index contributed by atoms with van der Waals surface area (Å²) in [6.45, 7) is -2.70. The lowest BCUT2D eigenvalue weighted by Crippen LogP contribution is -2.23. The molecule has 0 aliphatic heterocycles. The Balaban J connectivity index is 2.06. The first-order valence-electron chi connectivity index (χ1n) is 6.41. The normalized spacial score (nSPS) is 10.4. The van der Waals surface area contributed by atoms with Crippen LogP contribution in [-0.4, -0.2) is 24.6 Å². The molecule has 0 unspecified atom stereocenters. The molecule has 0 radical (unpaired) electrons. The fraction of sp³-hybridized carbons (Fsp3) is 0.200. The predicted octanol–water partition coefficient (Wildman–Crippen LogP) is 2.62. The van der Waals surface area contributed by atoms with E-state index in [9.17, 15) is 13.6 Å². The van der Waals surface area contributed by atoms with Crippen LogP contribution in [0.2, 0.25) is 0 Å². The Labute approximate surface area is 125 Å². The van der Waals surface area contributed by atoms with Crippen LogP contribution in [0.25, 0.3) is 0 Å². The molecule has 0 spiro atoms. The fourth-order valence-electron chi connectivity index (χ4n) is 1.78. The van der Waals surface area contributed by atoms with Crippen molar-refractivity contribution in [3.63, 3.8) is 0 Å². The number of carbonyl (C=O) groups excluding carboxylic acids is 1. The smallest absolute Gasteiger partial charge is 0.387 e. The molecule has 1 N–H and O–H groups in total.